The Balaban J connectivity index is 1.38. The average Bonchev–Trinajstić information content (AvgIpc) is 3.13. The van der Waals surface area contributed by atoms with Gasteiger partial charge in [0.05, 0.1) is 49.1 Å². The van der Waals surface area contributed by atoms with Crippen LogP contribution in [0.3, 0.4) is 0 Å². The van der Waals surface area contributed by atoms with Gasteiger partial charge >= 0.3 is 23.9 Å². The number of rotatable bonds is 20. The van der Waals surface area contributed by atoms with Gasteiger partial charge in [-0.3, -0.25) is 9.59 Å². The van der Waals surface area contributed by atoms with Crippen LogP contribution in [0.15, 0.2) is 66.7 Å². The van der Waals surface area contributed by atoms with Gasteiger partial charge in [0.1, 0.15) is 23.0 Å². The Morgan fingerprint density at radius 2 is 1.07 bits per heavy atom. The van der Waals surface area contributed by atoms with E-state index >= 15 is 0 Å². The highest BCUT2D eigenvalue weighted by Gasteiger charge is 2.35. The number of carbonyl (C=O) groups excluding carboxylic acids is 4. The molecule has 3 aromatic carbocycles. The van der Waals surface area contributed by atoms with E-state index < -0.39 is 11.9 Å². The van der Waals surface area contributed by atoms with E-state index in [1.165, 1.54) is 0 Å². The summed E-state index contributed by atoms with van der Waals surface area (Å²) in [7, 11) is 2.48. The van der Waals surface area contributed by atoms with Gasteiger partial charge in [-0.25, -0.2) is 9.59 Å². The Morgan fingerprint density at radius 3 is 1.53 bits per heavy atom. The second-order valence-electron chi connectivity index (χ2n) is 15.9. The molecule has 11 heteroatoms. The standard InChI is InChI=1S/C44H59O10P/c1-9-38(55)42(48)52-27-13-11-25-50-33-18-14-31(15-19-33)39(45)53-35-22-23-37(30(2)28-35)54-40(46)32-16-20-34(21-17-32)49-24-10-12-26-51-41(47)36(44(6,7)8)29-43(3,4)5/h14-23,28,36,38H,9-13,24-27,29,55H2,1-8H3. The highest BCUT2D eigenvalue weighted by atomic mass is 31.0. The molecule has 3 rings (SSSR count). The fourth-order valence-electron chi connectivity index (χ4n) is 5.36. The van der Waals surface area contributed by atoms with Crippen molar-refractivity contribution in [2.24, 2.45) is 16.7 Å². The zero-order valence-corrected chi connectivity index (χ0v) is 34.9. The Hall–Kier alpha value is -4.43. The molecule has 0 spiro atoms. The molecule has 0 aliphatic carbocycles. The Bertz CT molecular complexity index is 1690. The van der Waals surface area contributed by atoms with Crippen molar-refractivity contribution >= 4 is 33.1 Å². The van der Waals surface area contributed by atoms with Crippen molar-refractivity contribution in [2.45, 2.75) is 99.6 Å². The van der Waals surface area contributed by atoms with Crippen LogP contribution >= 0.6 is 9.24 Å². The van der Waals surface area contributed by atoms with Gasteiger partial charge in [0.25, 0.3) is 0 Å². The van der Waals surface area contributed by atoms with E-state index in [2.05, 4.69) is 50.8 Å². The van der Waals surface area contributed by atoms with E-state index in [9.17, 15) is 19.2 Å². The Morgan fingerprint density at radius 1 is 0.618 bits per heavy atom. The number of hydrogen-bond acceptors (Lipinski definition) is 10. The van der Waals surface area contributed by atoms with E-state index in [1.54, 1.807) is 73.7 Å². The van der Waals surface area contributed by atoms with Crippen LogP contribution in [0.25, 0.3) is 0 Å². The molecule has 0 saturated heterocycles. The van der Waals surface area contributed by atoms with Crippen molar-refractivity contribution < 1.29 is 47.6 Å². The molecular weight excluding hydrogens is 719 g/mol. The third-order valence-corrected chi connectivity index (χ3v) is 9.48. The van der Waals surface area contributed by atoms with Crippen LogP contribution in [-0.4, -0.2) is 56.0 Å². The molecule has 0 N–H and O–H groups in total. The Kier molecular flexibility index (Phi) is 17.7. The maximum absolute atomic E-state index is 12.9. The topological polar surface area (TPSA) is 124 Å². The summed E-state index contributed by atoms with van der Waals surface area (Å²) in [6.45, 7) is 17.9. The molecular formula is C44H59O10P. The van der Waals surface area contributed by atoms with Crippen LogP contribution in [0.1, 0.15) is 113 Å². The van der Waals surface area contributed by atoms with Gasteiger partial charge in [-0.1, -0.05) is 48.5 Å². The molecule has 10 nitrogen and oxygen atoms in total. The molecule has 3 atom stereocenters. The molecule has 0 saturated carbocycles. The van der Waals surface area contributed by atoms with Crippen molar-refractivity contribution in [2.75, 3.05) is 26.4 Å². The van der Waals surface area contributed by atoms with E-state index in [0.29, 0.717) is 85.4 Å². The van der Waals surface area contributed by atoms with Crippen molar-refractivity contribution in [3.63, 3.8) is 0 Å². The smallest absolute Gasteiger partial charge is 0.343 e. The molecule has 0 amide bonds. The van der Waals surface area contributed by atoms with E-state index in [-0.39, 0.29) is 34.3 Å². The summed E-state index contributed by atoms with van der Waals surface area (Å²) in [5.41, 5.74) is 1.01. The number of aryl methyl sites for hydroxylation is 1. The summed E-state index contributed by atoms with van der Waals surface area (Å²) in [6, 6.07) is 18.1. The summed E-state index contributed by atoms with van der Waals surface area (Å²) in [4.78, 5) is 50.2. The van der Waals surface area contributed by atoms with Crippen LogP contribution in [0.5, 0.6) is 23.0 Å². The van der Waals surface area contributed by atoms with Crippen LogP contribution in [0, 0.1) is 23.7 Å². The van der Waals surface area contributed by atoms with E-state index in [0.717, 1.165) is 19.3 Å². The van der Waals surface area contributed by atoms with Crippen LogP contribution in [-0.2, 0) is 19.1 Å². The average molecular weight is 779 g/mol. The number of hydrogen-bond donors (Lipinski definition) is 0. The number of benzene rings is 3. The molecule has 0 radical (unpaired) electrons. The highest BCUT2D eigenvalue weighted by Crippen LogP contribution is 2.37. The van der Waals surface area contributed by atoms with Crippen molar-refractivity contribution in [1.82, 2.24) is 0 Å². The second-order valence-corrected chi connectivity index (χ2v) is 16.7. The number of esters is 4. The van der Waals surface area contributed by atoms with Crippen LogP contribution < -0.4 is 18.9 Å². The molecule has 3 aromatic rings. The number of ether oxygens (including phenoxy) is 6. The third kappa shape index (κ3) is 16.1. The molecule has 300 valence electrons. The first kappa shape index (κ1) is 45.0. The van der Waals surface area contributed by atoms with Gasteiger partial charge in [0.2, 0.25) is 0 Å². The minimum absolute atomic E-state index is 0.0311. The minimum atomic E-state index is -0.538. The van der Waals surface area contributed by atoms with Crippen molar-refractivity contribution in [3.05, 3.63) is 83.4 Å². The summed E-state index contributed by atoms with van der Waals surface area (Å²) in [6.07, 6.45) is 4.30. The molecule has 0 aliphatic heterocycles. The summed E-state index contributed by atoms with van der Waals surface area (Å²) >= 11 is 0. The first-order valence-corrected chi connectivity index (χ1v) is 19.7. The molecule has 0 heterocycles. The lowest BCUT2D eigenvalue weighted by Crippen LogP contribution is -2.33. The minimum Gasteiger partial charge on any atom is -0.494 e. The zero-order chi connectivity index (χ0) is 40.6. The third-order valence-electron chi connectivity index (χ3n) is 8.73. The number of unbranched alkanes of at least 4 members (excludes halogenated alkanes) is 2. The maximum atomic E-state index is 12.9. The van der Waals surface area contributed by atoms with Gasteiger partial charge in [-0.05, 0) is 129 Å². The molecule has 0 fully saturated rings. The monoisotopic (exact) mass is 778 g/mol. The van der Waals surface area contributed by atoms with Gasteiger partial charge < -0.3 is 28.4 Å². The largest absolute Gasteiger partial charge is 0.494 e. The fraction of sp³-hybridized carbons (Fsp3) is 0.500. The summed E-state index contributed by atoms with van der Waals surface area (Å²) < 4.78 is 33.6. The lowest BCUT2D eigenvalue weighted by Gasteiger charge is -2.33. The van der Waals surface area contributed by atoms with Gasteiger partial charge in [0.15, 0.2) is 0 Å². The van der Waals surface area contributed by atoms with Gasteiger partial charge in [-0.15, -0.1) is 9.24 Å². The lowest BCUT2D eigenvalue weighted by atomic mass is 9.72. The molecule has 55 heavy (non-hydrogen) atoms. The first-order chi connectivity index (χ1) is 26.0. The van der Waals surface area contributed by atoms with E-state index in [4.69, 9.17) is 28.4 Å². The maximum Gasteiger partial charge on any atom is 0.343 e. The predicted octanol–water partition coefficient (Wildman–Crippen LogP) is 9.59. The predicted molar refractivity (Wildman–Crippen MR) is 216 cm³/mol. The van der Waals surface area contributed by atoms with Crippen molar-refractivity contribution in [3.8, 4) is 23.0 Å². The molecule has 0 aliphatic rings. The van der Waals surface area contributed by atoms with Crippen LogP contribution in [0.2, 0.25) is 0 Å². The normalized spacial score (nSPS) is 12.6. The molecule has 0 bridgehead atoms. The summed E-state index contributed by atoms with van der Waals surface area (Å²) in [5, 5.41) is 0. The van der Waals surface area contributed by atoms with Gasteiger partial charge in [-0.2, -0.15) is 0 Å². The molecule has 0 aromatic heterocycles. The molecule has 3 unspecified atom stereocenters. The second kappa shape index (κ2) is 21.6. The summed E-state index contributed by atoms with van der Waals surface area (Å²) in [5.74, 6) is 0.284. The number of carbonyl (C=O) groups is 4. The van der Waals surface area contributed by atoms with Crippen LogP contribution in [0.4, 0.5) is 0 Å². The first-order valence-electron chi connectivity index (χ1n) is 19.1. The fourth-order valence-corrected chi connectivity index (χ4v) is 5.46. The van der Waals surface area contributed by atoms with E-state index in [1.807, 2.05) is 6.92 Å². The Labute approximate surface area is 329 Å². The SMILES string of the molecule is CCC(P)C(=O)OCCCCOc1ccc(C(=O)Oc2ccc(OC(=O)c3ccc(OCCCCOC(=O)C(CC(C)(C)C)C(C)(C)C)cc3)c(C)c2)cc1. The van der Waals surface area contributed by atoms with Gasteiger partial charge in [0, 0.05) is 0 Å². The quantitative estimate of drug-likeness (QED) is 0.0474. The zero-order valence-electron chi connectivity index (χ0n) is 33.7. The van der Waals surface area contributed by atoms with Crippen molar-refractivity contribution in [1.29, 1.82) is 0 Å². The lowest BCUT2D eigenvalue weighted by molar-refractivity contribution is -0.154. The highest BCUT2D eigenvalue weighted by molar-refractivity contribution is 7.19.